The molecule has 0 bridgehead atoms. The van der Waals surface area contributed by atoms with E-state index in [4.69, 9.17) is 11.3 Å². The summed E-state index contributed by atoms with van der Waals surface area (Å²) in [6.45, 7) is 11.7. The average molecular weight is 750 g/mol. The molecule has 3 rings (SSSR count). The molecule has 2 aliphatic rings. The van der Waals surface area contributed by atoms with Crippen LogP contribution < -0.4 is 4.74 Å². The van der Waals surface area contributed by atoms with Gasteiger partial charge in [-0.3, -0.25) is 0 Å². The van der Waals surface area contributed by atoms with Crippen molar-refractivity contribution in [2.75, 3.05) is 11.5 Å². The van der Waals surface area contributed by atoms with Gasteiger partial charge in [-0.25, -0.2) is 9.64 Å². The molecular formula is C38H55NO2S6. The minimum absolute atomic E-state index is 0.333. The lowest BCUT2D eigenvalue weighted by Crippen LogP contribution is -2.07. The molecule has 0 spiro atoms. The normalized spacial score (nSPS) is 14.6. The van der Waals surface area contributed by atoms with Gasteiger partial charge in [0.2, 0.25) is 0 Å². The molecule has 1 aromatic rings. The van der Waals surface area contributed by atoms with Crippen LogP contribution in [0.1, 0.15) is 142 Å². The minimum Gasteiger partial charge on any atom is -0.423 e. The molecule has 0 radical (unpaired) electrons. The van der Waals surface area contributed by atoms with E-state index in [0.717, 1.165) is 0 Å². The fourth-order valence-corrected chi connectivity index (χ4v) is 13.7. The summed E-state index contributed by atoms with van der Waals surface area (Å²) in [4.78, 5) is 16.9. The van der Waals surface area contributed by atoms with Crippen molar-refractivity contribution >= 4 is 82.2 Å². The Morgan fingerprint density at radius 1 is 0.638 bits per heavy atom. The lowest BCUT2D eigenvalue weighted by atomic mass is 10.1. The molecule has 0 fully saturated rings. The van der Waals surface area contributed by atoms with Crippen LogP contribution in [0.5, 0.6) is 5.75 Å². The quantitative estimate of drug-likeness (QED) is 0.0400. The Hall–Kier alpha value is -0.500. The van der Waals surface area contributed by atoms with Gasteiger partial charge in [0.05, 0.1) is 23.5 Å². The summed E-state index contributed by atoms with van der Waals surface area (Å²) < 4.78 is 11.0. The molecule has 9 heteroatoms. The Labute approximate surface area is 312 Å². The monoisotopic (exact) mass is 749 g/mol. The summed E-state index contributed by atoms with van der Waals surface area (Å²) in [6, 6.07) is 6.71. The molecule has 0 amide bonds. The van der Waals surface area contributed by atoms with Crippen LogP contribution in [0, 0.1) is 6.57 Å². The first-order chi connectivity index (χ1) is 23.1. The second-order valence-corrected chi connectivity index (χ2v) is 19.3. The van der Waals surface area contributed by atoms with Crippen molar-refractivity contribution in [3.8, 4) is 5.75 Å². The highest BCUT2D eigenvalue weighted by molar-refractivity contribution is 8.42. The SMILES string of the molecule is [C-]#[N+]c1ccc(OC(=O)C2=CSC(=C3SC(SCCCCCCCCCCCC)=C(SCCCCCCCCCCCC)S3)S2)cc1. The average Bonchev–Trinajstić information content (AvgIpc) is 3.74. The van der Waals surface area contributed by atoms with Crippen LogP contribution in [0.3, 0.4) is 0 Å². The maximum absolute atomic E-state index is 12.9. The third-order valence-corrected chi connectivity index (χ3v) is 16.6. The van der Waals surface area contributed by atoms with Gasteiger partial charge in [0.25, 0.3) is 0 Å². The summed E-state index contributed by atoms with van der Waals surface area (Å²) in [7, 11) is 0. The zero-order valence-electron chi connectivity index (χ0n) is 28.7. The molecule has 260 valence electrons. The lowest BCUT2D eigenvalue weighted by molar-refractivity contribution is -0.129. The van der Waals surface area contributed by atoms with E-state index in [2.05, 4.69) is 18.7 Å². The number of rotatable bonds is 26. The standard InChI is InChI=1S/C38H55NO2S6/c1-4-6-8-10-12-14-16-18-20-22-28-42-35-36(43-29-23-21-19-17-15-13-11-9-7-5-2)47-38(46-35)37-44-30-33(45-37)34(40)41-32-26-24-31(39-3)25-27-32/h24-27,30H,4-23,28-29H2,1-2H3. The summed E-state index contributed by atoms with van der Waals surface area (Å²) in [5, 5.41) is 1.93. The van der Waals surface area contributed by atoms with Gasteiger partial charge in [-0.05, 0) is 41.9 Å². The molecule has 0 saturated carbocycles. The van der Waals surface area contributed by atoms with Crippen molar-refractivity contribution in [3.05, 3.63) is 62.9 Å². The van der Waals surface area contributed by atoms with Gasteiger partial charge < -0.3 is 4.74 Å². The topological polar surface area (TPSA) is 30.7 Å². The van der Waals surface area contributed by atoms with Crippen molar-refractivity contribution in [3.63, 3.8) is 0 Å². The van der Waals surface area contributed by atoms with Gasteiger partial charge in [-0.15, -0.1) is 23.5 Å². The molecule has 3 nitrogen and oxygen atoms in total. The van der Waals surface area contributed by atoms with Crippen molar-refractivity contribution in [2.45, 2.75) is 142 Å². The number of carbonyl (C=O) groups excluding carboxylic acids is 1. The largest absolute Gasteiger partial charge is 0.423 e. The van der Waals surface area contributed by atoms with Crippen LogP contribution in [0.4, 0.5) is 5.69 Å². The Morgan fingerprint density at radius 2 is 1.09 bits per heavy atom. The van der Waals surface area contributed by atoms with Gasteiger partial charge in [0, 0.05) is 0 Å². The van der Waals surface area contributed by atoms with Crippen LogP contribution in [0.15, 0.2) is 51.5 Å². The molecule has 0 saturated heterocycles. The first-order valence-corrected chi connectivity index (χ1v) is 23.3. The van der Waals surface area contributed by atoms with Crippen LogP contribution in [-0.2, 0) is 4.79 Å². The van der Waals surface area contributed by atoms with E-state index >= 15 is 0 Å². The molecule has 2 aliphatic heterocycles. The number of nitrogens with zero attached hydrogens (tertiary/aromatic N) is 1. The highest BCUT2D eigenvalue weighted by Gasteiger charge is 2.29. The first kappa shape index (κ1) is 40.9. The molecule has 47 heavy (non-hydrogen) atoms. The van der Waals surface area contributed by atoms with Crippen LogP contribution in [0.25, 0.3) is 4.85 Å². The number of ether oxygens (including phenoxy) is 1. The Kier molecular flexibility index (Phi) is 22.9. The Morgan fingerprint density at radius 3 is 1.53 bits per heavy atom. The van der Waals surface area contributed by atoms with E-state index in [-0.39, 0.29) is 5.97 Å². The zero-order valence-corrected chi connectivity index (χ0v) is 33.6. The molecule has 2 heterocycles. The van der Waals surface area contributed by atoms with Gasteiger partial charge in [-0.2, -0.15) is 0 Å². The number of esters is 1. The van der Waals surface area contributed by atoms with Crippen molar-refractivity contribution in [2.24, 2.45) is 0 Å². The van der Waals surface area contributed by atoms with Gasteiger partial charge in [0.1, 0.15) is 10.7 Å². The third-order valence-electron chi connectivity index (χ3n) is 8.02. The summed E-state index contributed by atoms with van der Waals surface area (Å²) >= 11 is 11.1. The molecule has 1 aromatic carbocycles. The van der Waals surface area contributed by atoms with Crippen LogP contribution >= 0.6 is 70.6 Å². The zero-order chi connectivity index (χ0) is 33.4. The smallest absolute Gasteiger partial charge is 0.350 e. The van der Waals surface area contributed by atoms with Crippen LogP contribution in [0.2, 0.25) is 0 Å². The number of benzene rings is 1. The summed E-state index contributed by atoms with van der Waals surface area (Å²) in [5.74, 6) is 2.51. The highest BCUT2D eigenvalue weighted by atomic mass is 32.3. The fraction of sp³-hybridized carbons (Fsp3) is 0.632. The maximum Gasteiger partial charge on any atom is 0.350 e. The van der Waals surface area contributed by atoms with E-state index in [9.17, 15) is 4.79 Å². The van der Waals surface area contributed by atoms with Gasteiger partial charge >= 0.3 is 5.97 Å². The predicted molar refractivity (Wildman–Crippen MR) is 219 cm³/mol. The second kappa shape index (κ2) is 26.3. The third kappa shape index (κ3) is 17.3. The first-order valence-electron chi connectivity index (χ1n) is 18.0. The Balaban J connectivity index is 1.43. The summed E-state index contributed by atoms with van der Waals surface area (Å²) in [5.41, 5.74) is 0.535. The van der Waals surface area contributed by atoms with Crippen LogP contribution in [-0.4, -0.2) is 17.5 Å². The number of carbonyl (C=O) groups is 1. The van der Waals surface area contributed by atoms with E-state index in [0.29, 0.717) is 16.3 Å². The van der Waals surface area contributed by atoms with Crippen molar-refractivity contribution < 1.29 is 9.53 Å². The highest BCUT2D eigenvalue weighted by Crippen LogP contribution is 2.62. The van der Waals surface area contributed by atoms with Crippen molar-refractivity contribution in [1.82, 2.24) is 0 Å². The predicted octanol–water partition coefficient (Wildman–Crippen LogP) is 15.5. The summed E-state index contributed by atoms with van der Waals surface area (Å²) in [6.07, 6.45) is 27.5. The van der Waals surface area contributed by atoms with Gasteiger partial charge in [0.15, 0.2) is 5.69 Å². The fourth-order valence-electron chi connectivity index (χ4n) is 5.22. The number of unbranched alkanes of at least 4 members (excludes halogenated alkanes) is 18. The van der Waals surface area contributed by atoms with E-state index in [1.54, 1.807) is 36.0 Å². The number of hydrogen-bond donors (Lipinski definition) is 0. The van der Waals surface area contributed by atoms with E-state index < -0.39 is 0 Å². The molecule has 0 aliphatic carbocycles. The molecule has 0 aromatic heterocycles. The molecule has 0 N–H and O–H groups in total. The number of thioether (sulfide) groups is 6. The van der Waals surface area contributed by atoms with E-state index in [1.165, 1.54) is 169 Å². The minimum atomic E-state index is -0.333. The van der Waals surface area contributed by atoms with Gasteiger partial charge in [-0.1, -0.05) is 189 Å². The van der Waals surface area contributed by atoms with E-state index in [1.807, 2.05) is 52.5 Å². The molecule has 0 unspecified atom stereocenters. The molecule has 0 atom stereocenters. The lowest BCUT2D eigenvalue weighted by Gasteiger charge is -2.06. The van der Waals surface area contributed by atoms with Crippen molar-refractivity contribution in [1.29, 1.82) is 0 Å². The maximum atomic E-state index is 12.9. The Bertz CT molecular complexity index is 1150. The second-order valence-electron chi connectivity index (χ2n) is 12.1. The number of hydrogen-bond acceptors (Lipinski definition) is 8. The molecular weight excluding hydrogens is 695 g/mol.